The highest BCUT2D eigenvalue weighted by Crippen LogP contribution is 2.30. The molecule has 0 unspecified atom stereocenters. The summed E-state index contributed by atoms with van der Waals surface area (Å²) < 4.78 is 0.818. The molecule has 17 heavy (non-hydrogen) atoms. The molecule has 0 spiro atoms. The third-order valence-corrected chi connectivity index (χ3v) is 4.66. The lowest BCUT2D eigenvalue weighted by Gasteiger charge is -2.06. The molecule has 0 amide bonds. The van der Waals surface area contributed by atoms with E-state index in [9.17, 15) is 0 Å². The Morgan fingerprint density at radius 3 is 2.71 bits per heavy atom. The molecule has 2 rings (SSSR count). The largest absolute Gasteiger partial charge is 0.231 e. The first-order chi connectivity index (χ1) is 8.11. The number of thiophene rings is 1. The Balaban J connectivity index is 2.48. The van der Waals surface area contributed by atoms with Gasteiger partial charge in [-0.15, -0.1) is 11.3 Å². The lowest BCUT2D eigenvalue weighted by Crippen LogP contribution is -1.97. The Bertz CT molecular complexity index is 539. The second kappa shape index (κ2) is 5.46. The highest BCUT2D eigenvalue weighted by atomic mass is 79.9. The summed E-state index contributed by atoms with van der Waals surface area (Å²) in [5.74, 6) is 0.722. The lowest BCUT2D eigenvalue weighted by molar-refractivity contribution is 0.868. The topological polar surface area (TPSA) is 25.8 Å². The first kappa shape index (κ1) is 13.0. The molecule has 2 aromatic heterocycles. The predicted octanol–water partition coefficient (Wildman–Crippen LogP) is 4.88. The van der Waals surface area contributed by atoms with Crippen molar-refractivity contribution in [1.82, 2.24) is 9.97 Å². The van der Waals surface area contributed by atoms with Crippen molar-refractivity contribution in [2.24, 2.45) is 0 Å². The van der Waals surface area contributed by atoms with Crippen LogP contribution in [-0.4, -0.2) is 9.97 Å². The van der Waals surface area contributed by atoms with Crippen molar-refractivity contribution in [2.45, 2.75) is 26.7 Å². The number of nitrogens with zero attached hydrogens (tertiary/aromatic N) is 2. The summed E-state index contributed by atoms with van der Waals surface area (Å²) >= 11 is 11.2. The minimum absolute atomic E-state index is 0.490. The fourth-order valence-corrected chi connectivity index (χ4v) is 2.90. The minimum Gasteiger partial charge on any atom is -0.231 e. The van der Waals surface area contributed by atoms with Gasteiger partial charge in [-0.1, -0.05) is 24.9 Å². The maximum absolute atomic E-state index is 6.12. The number of aromatic nitrogens is 2. The smallest absolute Gasteiger partial charge is 0.171 e. The fourth-order valence-electron chi connectivity index (χ4n) is 1.53. The second-order valence-electron chi connectivity index (χ2n) is 3.76. The zero-order chi connectivity index (χ0) is 12.4. The molecule has 0 fully saturated rings. The van der Waals surface area contributed by atoms with Crippen LogP contribution in [0.15, 0.2) is 16.6 Å². The van der Waals surface area contributed by atoms with Crippen LogP contribution in [0.4, 0.5) is 0 Å². The monoisotopic (exact) mass is 330 g/mol. The van der Waals surface area contributed by atoms with Crippen molar-refractivity contribution in [3.05, 3.63) is 32.3 Å². The maximum Gasteiger partial charge on any atom is 0.171 e. The highest BCUT2D eigenvalue weighted by molar-refractivity contribution is 9.10. The van der Waals surface area contributed by atoms with Crippen LogP contribution in [-0.2, 0) is 6.42 Å². The summed E-state index contributed by atoms with van der Waals surface area (Å²) in [7, 11) is 0. The van der Waals surface area contributed by atoms with Gasteiger partial charge in [0.15, 0.2) is 5.82 Å². The summed E-state index contributed by atoms with van der Waals surface area (Å²) in [5, 5.41) is 0.490. The van der Waals surface area contributed by atoms with Crippen LogP contribution in [0.25, 0.3) is 10.7 Å². The van der Waals surface area contributed by atoms with Gasteiger partial charge < -0.3 is 0 Å². The third kappa shape index (κ3) is 2.87. The van der Waals surface area contributed by atoms with Crippen LogP contribution in [0.1, 0.15) is 23.9 Å². The Kier molecular flexibility index (Phi) is 4.17. The Hall–Kier alpha value is -0.450. The van der Waals surface area contributed by atoms with E-state index in [-0.39, 0.29) is 0 Å². The third-order valence-electron chi connectivity index (χ3n) is 2.33. The molecule has 0 bridgehead atoms. The van der Waals surface area contributed by atoms with Gasteiger partial charge in [-0.2, -0.15) is 0 Å². The summed E-state index contributed by atoms with van der Waals surface area (Å²) in [6.07, 6.45) is 1.94. The molecule has 90 valence electrons. The van der Waals surface area contributed by atoms with Crippen LogP contribution in [0.3, 0.4) is 0 Å². The molecule has 0 aromatic carbocycles. The summed E-state index contributed by atoms with van der Waals surface area (Å²) in [6.45, 7) is 4.19. The molecule has 5 heteroatoms. The normalized spacial score (nSPS) is 10.8. The molecule has 0 aliphatic rings. The molecule has 0 saturated carbocycles. The summed E-state index contributed by atoms with van der Waals surface area (Å²) in [4.78, 5) is 11.2. The lowest BCUT2D eigenvalue weighted by atomic mass is 10.2. The molecule has 0 radical (unpaired) electrons. The van der Waals surface area contributed by atoms with Crippen molar-refractivity contribution in [3.63, 3.8) is 0 Å². The van der Waals surface area contributed by atoms with Gasteiger partial charge in [0.25, 0.3) is 0 Å². The van der Waals surface area contributed by atoms with Crippen LogP contribution < -0.4 is 0 Å². The summed E-state index contributed by atoms with van der Waals surface area (Å²) in [5.41, 5.74) is 0.980. The van der Waals surface area contributed by atoms with Gasteiger partial charge in [0, 0.05) is 4.88 Å². The van der Waals surface area contributed by atoms with E-state index in [1.54, 1.807) is 11.3 Å². The number of hydrogen-bond donors (Lipinski definition) is 0. The number of rotatable bonds is 3. The molecule has 0 atom stereocenters. The van der Waals surface area contributed by atoms with Gasteiger partial charge in [-0.3, -0.25) is 0 Å². The quantitative estimate of drug-likeness (QED) is 0.749. The zero-order valence-electron chi connectivity index (χ0n) is 9.63. The van der Waals surface area contributed by atoms with Crippen LogP contribution >= 0.6 is 38.9 Å². The van der Waals surface area contributed by atoms with Gasteiger partial charge in [0.1, 0.15) is 5.15 Å². The van der Waals surface area contributed by atoms with Crippen molar-refractivity contribution in [1.29, 1.82) is 0 Å². The second-order valence-corrected chi connectivity index (χ2v) is 6.20. The van der Waals surface area contributed by atoms with Crippen LogP contribution in [0, 0.1) is 6.92 Å². The van der Waals surface area contributed by atoms with Crippen LogP contribution in [0.5, 0.6) is 0 Å². The fraction of sp³-hybridized carbons (Fsp3) is 0.333. The van der Waals surface area contributed by atoms with E-state index in [1.807, 2.05) is 6.07 Å². The number of halogens is 2. The van der Waals surface area contributed by atoms with Gasteiger partial charge in [-0.25, -0.2) is 9.97 Å². The molecule has 0 aliphatic heterocycles. The van der Waals surface area contributed by atoms with Gasteiger partial charge >= 0.3 is 0 Å². The van der Waals surface area contributed by atoms with E-state index in [4.69, 9.17) is 11.6 Å². The molecular formula is C12H12BrClN2S. The van der Waals surface area contributed by atoms with E-state index in [0.29, 0.717) is 5.15 Å². The Morgan fingerprint density at radius 1 is 1.35 bits per heavy atom. The average molecular weight is 332 g/mol. The van der Waals surface area contributed by atoms with E-state index < -0.39 is 0 Å². The van der Waals surface area contributed by atoms with Crippen molar-refractivity contribution in [2.75, 3.05) is 0 Å². The minimum atomic E-state index is 0.490. The SMILES string of the molecule is CCCc1nc(-c2ccc(C)s2)nc(Cl)c1Br. The number of hydrogen-bond acceptors (Lipinski definition) is 3. The van der Waals surface area contributed by atoms with Crippen molar-refractivity contribution >= 4 is 38.9 Å². The van der Waals surface area contributed by atoms with Crippen molar-refractivity contribution in [3.8, 4) is 10.7 Å². The van der Waals surface area contributed by atoms with E-state index in [0.717, 1.165) is 33.7 Å². The van der Waals surface area contributed by atoms with Crippen molar-refractivity contribution < 1.29 is 0 Å². The molecule has 2 heterocycles. The predicted molar refractivity (Wildman–Crippen MR) is 76.8 cm³/mol. The Morgan fingerprint density at radius 2 is 2.12 bits per heavy atom. The van der Waals surface area contributed by atoms with Gasteiger partial charge in [-0.05, 0) is 41.4 Å². The van der Waals surface area contributed by atoms with E-state index in [2.05, 4.69) is 45.8 Å². The average Bonchev–Trinajstić information content (AvgIpc) is 2.71. The molecule has 0 N–H and O–H groups in total. The molecule has 0 aliphatic carbocycles. The van der Waals surface area contributed by atoms with Crippen LogP contribution in [0.2, 0.25) is 5.15 Å². The van der Waals surface area contributed by atoms with Gasteiger partial charge in [0.2, 0.25) is 0 Å². The maximum atomic E-state index is 6.12. The standard InChI is InChI=1S/C12H12BrClN2S/c1-3-4-8-10(13)11(14)16-12(15-8)9-6-5-7(2)17-9/h5-6H,3-4H2,1-2H3. The zero-order valence-corrected chi connectivity index (χ0v) is 12.8. The summed E-state index contributed by atoms with van der Waals surface area (Å²) in [6, 6.07) is 4.11. The first-order valence-electron chi connectivity index (χ1n) is 5.40. The molecule has 0 saturated heterocycles. The van der Waals surface area contributed by atoms with E-state index >= 15 is 0 Å². The van der Waals surface area contributed by atoms with Gasteiger partial charge in [0.05, 0.1) is 15.0 Å². The Labute approximate surface area is 118 Å². The molecule has 2 nitrogen and oxygen atoms in total. The molecule has 2 aromatic rings. The highest BCUT2D eigenvalue weighted by Gasteiger charge is 2.12. The first-order valence-corrected chi connectivity index (χ1v) is 7.39. The molecular weight excluding hydrogens is 320 g/mol. The number of aryl methyl sites for hydroxylation is 2. The van der Waals surface area contributed by atoms with E-state index in [1.165, 1.54) is 4.88 Å².